The largest absolute Gasteiger partial charge is 1.00 e. The van der Waals surface area contributed by atoms with E-state index in [1.54, 1.807) is 88.3 Å². The summed E-state index contributed by atoms with van der Waals surface area (Å²) in [6.07, 6.45) is 12.7. The Bertz CT molecular complexity index is 5040. The van der Waals surface area contributed by atoms with Gasteiger partial charge in [0.15, 0.2) is 40.3 Å². The molecule has 671 valence electrons. The molecule has 0 amide bonds. The number of carbonyl (C=O) groups is 5. The molecule has 0 saturated carbocycles. The molecule has 1 unspecified atom stereocenters. The van der Waals surface area contributed by atoms with Crippen molar-refractivity contribution in [1.82, 2.24) is 43.0 Å². The molecule has 9 heterocycles. The van der Waals surface area contributed by atoms with Crippen LogP contribution in [-0.2, 0) is 19.0 Å². The van der Waals surface area contributed by atoms with Crippen LogP contribution in [0.2, 0.25) is 0 Å². The summed E-state index contributed by atoms with van der Waals surface area (Å²) in [5, 5.41) is 10.8. The summed E-state index contributed by atoms with van der Waals surface area (Å²) in [5.41, 5.74) is 15.2. The fourth-order valence-electron chi connectivity index (χ4n) is 16.1. The molecule has 3 saturated heterocycles. The molecular formula is C94H131BN9Na2O19. The smallest absolute Gasteiger partial charge is 1.00 e. The van der Waals surface area contributed by atoms with Crippen LogP contribution in [0.4, 0.5) is 0 Å². The molecule has 28 nitrogen and oxygen atoms in total. The van der Waals surface area contributed by atoms with Crippen molar-refractivity contribution in [2.24, 2.45) is 0 Å². The van der Waals surface area contributed by atoms with Crippen LogP contribution in [-0.4, -0.2) is 269 Å². The van der Waals surface area contributed by atoms with E-state index in [1.165, 1.54) is 32.9 Å². The fraction of sp³-hybridized carbons (Fsp3) is 0.479. The molecule has 0 spiro atoms. The third-order valence-electron chi connectivity index (χ3n) is 22.5. The van der Waals surface area contributed by atoms with E-state index in [2.05, 4.69) is 119 Å². The zero-order valence-electron chi connectivity index (χ0n) is 80.0. The van der Waals surface area contributed by atoms with Crippen molar-refractivity contribution in [3.05, 3.63) is 148 Å². The van der Waals surface area contributed by atoms with Gasteiger partial charge < -0.3 is 107 Å². The summed E-state index contributed by atoms with van der Waals surface area (Å²) in [6.45, 7) is 30.8. The molecule has 6 aromatic heterocycles. The Morgan fingerprint density at radius 3 is 1.07 bits per heavy atom. The summed E-state index contributed by atoms with van der Waals surface area (Å²) in [4.78, 5) is 72.0. The van der Waals surface area contributed by atoms with Gasteiger partial charge in [0.05, 0.1) is 117 Å². The second kappa shape index (κ2) is 50.0. The van der Waals surface area contributed by atoms with E-state index in [4.69, 9.17) is 66.7 Å². The zero-order valence-corrected chi connectivity index (χ0v) is 83.0. The van der Waals surface area contributed by atoms with Gasteiger partial charge >= 0.3 is 77.0 Å². The Hall–Kier alpha value is -8.95. The predicted molar refractivity (Wildman–Crippen MR) is 484 cm³/mol. The van der Waals surface area contributed by atoms with Crippen molar-refractivity contribution in [2.75, 3.05) is 152 Å². The minimum Gasteiger partial charge on any atom is -1.00 e. The summed E-state index contributed by atoms with van der Waals surface area (Å²) < 4.78 is 72.3. The maximum atomic E-state index is 13.2. The molecule has 125 heavy (non-hydrogen) atoms. The summed E-state index contributed by atoms with van der Waals surface area (Å²) in [7, 11) is 27.2. The predicted octanol–water partition coefficient (Wildman–Crippen LogP) is 9.37. The number of hydrogen-bond donors (Lipinski definition) is 2. The molecule has 3 aromatic carbocycles. The standard InChI is InChI=1S/C31H43N3O5.C31H41N3O5.C23H25NO6.C7H16N2.C2H4O2.B.2Na.H2O.H/c2*1-19(2)39-31(35)26-17-25-14-23(22-15-27(36-7)30(38-9)28(16-22)37-8)18-34(25)29(20(26)3)21(4)33-12-10-24(11-13-33)32(5)6;1-7-30-23(26)18-11-17-8-16(12-24(17)21(13(18)2)14(3)25)15-9-19(27-4)22(29-6)20(10-15)28-5;1-9(2)7-3-5-8-6-4-7;1-2(3)4;;;;;/h14-19,21,24H,10-13H2,1-9H3;14-19,24H,4,10-13H2,1-3,5-9H3;8-12H,7H2,1-6H3;7-8H,3-6H2,1-2H3;1H3,(H,3,4);;;;1H2;/q;;;;;;2*+1;;-1/p-1. The maximum Gasteiger partial charge on any atom is 1.00 e. The Labute approximate surface area is 786 Å². The molecule has 3 aliphatic heterocycles. The monoisotopic (exact) mass is 1750 g/mol. The van der Waals surface area contributed by atoms with Crippen molar-refractivity contribution in [3.8, 4) is 85.1 Å². The number of fused-ring (bicyclic) bond motifs is 3. The van der Waals surface area contributed by atoms with Gasteiger partial charge in [0.25, 0.3) is 5.97 Å². The molecule has 0 bridgehead atoms. The van der Waals surface area contributed by atoms with Crippen LogP contribution in [0.3, 0.4) is 0 Å². The van der Waals surface area contributed by atoms with Crippen molar-refractivity contribution in [2.45, 2.75) is 151 Å². The van der Waals surface area contributed by atoms with Crippen molar-refractivity contribution >= 4 is 60.3 Å². The molecule has 3 aliphatic rings. The van der Waals surface area contributed by atoms with Gasteiger partial charge in [0.1, 0.15) is 0 Å². The molecular weight excluding hydrogens is 1620 g/mol. The maximum absolute atomic E-state index is 13.2. The summed E-state index contributed by atoms with van der Waals surface area (Å²) in [5.74, 6) is 2.93. The number of carbonyl (C=O) groups excluding carboxylic acids is 4. The Morgan fingerprint density at radius 1 is 0.456 bits per heavy atom. The molecule has 0 aliphatic carbocycles. The first-order valence-electron chi connectivity index (χ1n) is 41.1. The normalized spacial score (nSPS) is 13.8. The number of nitrogens with one attached hydrogen (secondary N) is 1. The number of carboxylic acids is 1. The van der Waals surface area contributed by atoms with Crippen LogP contribution in [0.5, 0.6) is 51.7 Å². The number of nitrogens with zero attached hydrogens (tertiary/aromatic N) is 8. The second-order valence-electron chi connectivity index (χ2n) is 31.6. The van der Waals surface area contributed by atoms with Gasteiger partial charge in [-0.1, -0.05) is 6.58 Å². The number of methoxy groups -OCH3 is 9. The number of ketones is 1. The first kappa shape index (κ1) is 108. The average Bonchev–Trinajstić information content (AvgIpc) is 1.59. The zero-order chi connectivity index (χ0) is 89.1. The minimum atomic E-state index is -0.833. The number of aliphatic carboxylic acids is 1. The van der Waals surface area contributed by atoms with Gasteiger partial charge in [-0.15, -0.1) is 0 Å². The number of pyridine rings is 3. The number of hydrogen-bond acceptors (Lipinski definition) is 24. The fourth-order valence-corrected chi connectivity index (χ4v) is 16.1. The molecule has 3 fully saturated rings. The van der Waals surface area contributed by atoms with Crippen LogP contribution in [0.25, 0.3) is 55.6 Å². The number of carboxylic acid groups (broad SMARTS) is 1. The van der Waals surface area contributed by atoms with Gasteiger partial charge in [0, 0.05) is 130 Å². The number of Topliss-reactive ketones (excluding diaryl/α,β-unsaturated/α-hetero) is 1. The molecule has 3 radical (unpaired) electrons. The first-order valence-corrected chi connectivity index (χ1v) is 41.1. The van der Waals surface area contributed by atoms with Gasteiger partial charge in [-0.2, -0.15) is 0 Å². The summed E-state index contributed by atoms with van der Waals surface area (Å²) >= 11 is 0. The molecule has 1 atom stereocenters. The van der Waals surface area contributed by atoms with Gasteiger partial charge in [-0.25, -0.2) is 14.4 Å². The third kappa shape index (κ3) is 26.4. The van der Waals surface area contributed by atoms with Crippen molar-refractivity contribution < 1.29 is 152 Å². The van der Waals surface area contributed by atoms with E-state index in [1.807, 2.05) is 102 Å². The van der Waals surface area contributed by atoms with Crippen LogP contribution >= 0.6 is 0 Å². The van der Waals surface area contributed by atoms with E-state index in [0.717, 1.165) is 137 Å². The number of likely N-dealkylation sites (tertiary alicyclic amines) is 2. The number of esters is 3. The minimum absolute atomic E-state index is 0. The Morgan fingerprint density at radius 2 is 0.760 bits per heavy atom. The van der Waals surface area contributed by atoms with E-state index < -0.39 is 11.9 Å². The number of aromatic nitrogens is 3. The van der Waals surface area contributed by atoms with E-state index >= 15 is 0 Å². The van der Waals surface area contributed by atoms with Crippen LogP contribution in [0.1, 0.15) is 171 Å². The quantitative estimate of drug-likeness (QED) is 0.0221. The molecule has 31 heteroatoms. The van der Waals surface area contributed by atoms with Crippen molar-refractivity contribution in [3.63, 3.8) is 0 Å². The van der Waals surface area contributed by atoms with Crippen LogP contribution in [0, 0.1) is 20.8 Å². The third-order valence-corrected chi connectivity index (χ3v) is 22.5. The second-order valence-corrected chi connectivity index (χ2v) is 31.6. The number of ether oxygens (including phenoxy) is 12. The number of piperidine rings is 3. The van der Waals surface area contributed by atoms with Crippen molar-refractivity contribution in [1.29, 1.82) is 0 Å². The Kier molecular flexibility index (Phi) is 43.3. The topological polar surface area (TPSA) is 288 Å². The molecule has 9 aromatic rings. The van der Waals surface area contributed by atoms with E-state index in [9.17, 15) is 19.2 Å². The number of benzene rings is 3. The first-order chi connectivity index (χ1) is 57.6. The average molecular weight is 1750 g/mol. The van der Waals surface area contributed by atoms with Gasteiger partial charge in [0.2, 0.25) is 17.2 Å². The van der Waals surface area contributed by atoms with Gasteiger partial charge in [-0.05, 0) is 262 Å². The van der Waals surface area contributed by atoms with Crippen LogP contribution < -0.4 is 107 Å². The van der Waals surface area contributed by atoms with Gasteiger partial charge in [-0.3, -0.25) is 14.5 Å². The molecule has 12 rings (SSSR count). The Balaban J connectivity index is 0.000000448. The van der Waals surface area contributed by atoms with E-state index in [-0.39, 0.29) is 117 Å². The number of rotatable bonds is 26. The SMILES string of the molecule is C=C(c1c(C)c(C(=O)OC(C)C)cc2cc(-c3cc(OC)c(OC)c(OC)c3)cn12)N1CCC(N(C)C)CC1.CC(=O)O.CCOC(=O)c1cc2cc(-c3cc(OC)c(OC)c(OC)c3)cn2c(C(C)=O)c1C.CN(C)C1CCNCC1.COc1cc(-c2cc3cc(C(=O)OC(C)C)c(C)c(C(C)N4CCC(N(C)C)CC4)n3c2)cc(OC)c1OC.[B].[H-].[Na+].[Na+].[OH-]. The van der Waals surface area contributed by atoms with E-state index in [0.29, 0.717) is 97.3 Å². The van der Waals surface area contributed by atoms with Crippen LogP contribution in [0.15, 0.2) is 98.0 Å². The summed E-state index contributed by atoms with van der Waals surface area (Å²) in [6, 6.07) is 25.2. The molecule has 3 N–H and O–H groups in total.